The van der Waals surface area contributed by atoms with Crippen molar-refractivity contribution in [1.82, 2.24) is 0 Å². The molecular weight excluding hydrogens is 528 g/mol. The number of rotatable bonds is 18. The Morgan fingerprint density at radius 2 is 1.38 bits per heavy atom. The van der Waals surface area contributed by atoms with Crippen LogP contribution in [-0.2, 0) is 25.4 Å². The first-order valence-corrected chi connectivity index (χ1v) is 15.7. The van der Waals surface area contributed by atoms with Crippen molar-refractivity contribution in [2.24, 2.45) is 11.3 Å². The van der Waals surface area contributed by atoms with Crippen molar-refractivity contribution in [3.8, 4) is 5.75 Å². The molecule has 0 aliphatic carbocycles. The predicted molar refractivity (Wildman–Crippen MR) is 175 cm³/mol. The fourth-order valence-electron chi connectivity index (χ4n) is 4.13. The molecule has 2 aromatic carbocycles. The molecule has 0 aromatic heterocycles. The molecule has 0 amide bonds. The zero-order valence-corrected chi connectivity index (χ0v) is 28.5. The fraction of sp³-hybridized carbons (Fsp3) is 0.667. The fourth-order valence-corrected chi connectivity index (χ4v) is 4.13. The topological polar surface area (TPSA) is 66.4 Å². The number of para-hydroxylation sites is 1. The monoisotopic (exact) mass is 590 g/mol. The first-order valence-electron chi connectivity index (χ1n) is 15.7. The first kappa shape index (κ1) is 40.0. The van der Waals surface area contributed by atoms with Crippen molar-refractivity contribution in [2.75, 3.05) is 33.5 Å². The highest BCUT2D eigenvalue weighted by Gasteiger charge is 2.33. The zero-order valence-electron chi connectivity index (χ0n) is 28.5. The lowest BCUT2D eigenvalue weighted by atomic mass is 9.76. The smallest absolute Gasteiger partial charge is 0.154 e. The number of aryl methyl sites for hydroxylation is 1. The lowest BCUT2D eigenvalue weighted by molar-refractivity contribution is -0.151. The number of aliphatic hydroxyl groups is 1. The molecule has 2 rings (SSSR count). The van der Waals surface area contributed by atoms with Gasteiger partial charge in [-0.25, -0.2) is 0 Å². The largest absolute Gasteiger partial charge is 0.491 e. The molecule has 0 saturated heterocycles. The summed E-state index contributed by atoms with van der Waals surface area (Å²) in [5, 5.41) is 10.1. The second kappa shape index (κ2) is 22.6. The second-order valence-electron chi connectivity index (χ2n) is 11.7. The lowest BCUT2D eigenvalue weighted by Crippen LogP contribution is -2.40. The van der Waals surface area contributed by atoms with E-state index in [0.717, 1.165) is 18.6 Å². The van der Waals surface area contributed by atoms with Crippen LogP contribution in [0.4, 0.5) is 0 Å². The molecule has 0 aliphatic rings. The zero-order chi connectivity index (χ0) is 32.0. The van der Waals surface area contributed by atoms with Crippen LogP contribution in [0.25, 0.3) is 0 Å². The van der Waals surface area contributed by atoms with Gasteiger partial charge in [0.25, 0.3) is 0 Å². The number of aliphatic hydroxyl groups excluding tert-OH is 1. The van der Waals surface area contributed by atoms with Crippen molar-refractivity contribution in [1.29, 1.82) is 0 Å². The summed E-state index contributed by atoms with van der Waals surface area (Å²) in [6, 6.07) is 20.3. The first-order chi connectivity index (χ1) is 19.9. The van der Waals surface area contributed by atoms with Gasteiger partial charge in [-0.2, -0.15) is 0 Å². The predicted octanol–water partition coefficient (Wildman–Crippen LogP) is 8.35. The van der Waals surface area contributed by atoms with Gasteiger partial charge in [-0.05, 0) is 69.6 Å². The third kappa shape index (κ3) is 17.9. The van der Waals surface area contributed by atoms with Crippen LogP contribution in [0, 0.1) is 11.3 Å². The van der Waals surface area contributed by atoms with Gasteiger partial charge >= 0.3 is 0 Å². The third-order valence-corrected chi connectivity index (χ3v) is 7.34. The van der Waals surface area contributed by atoms with E-state index in [4.69, 9.17) is 23.7 Å². The van der Waals surface area contributed by atoms with Crippen LogP contribution >= 0.6 is 0 Å². The van der Waals surface area contributed by atoms with Gasteiger partial charge < -0.3 is 28.8 Å². The summed E-state index contributed by atoms with van der Waals surface area (Å²) < 4.78 is 28.0. The number of hydrogen-bond acceptors (Lipinski definition) is 6. The van der Waals surface area contributed by atoms with E-state index in [-0.39, 0.29) is 30.0 Å². The highest BCUT2D eigenvalue weighted by Crippen LogP contribution is 2.32. The highest BCUT2D eigenvalue weighted by atomic mass is 16.7. The Kier molecular flexibility index (Phi) is 21.5. The normalized spacial score (nSPS) is 13.7. The Morgan fingerprint density at radius 1 is 0.810 bits per heavy atom. The molecule has 3 unspecified atom stereocenters. The van der Waals surface area contributed by atoms with Crippen LogP contribution in [0.1, 0.15) is 87.6 Å². The molecule has 0 radical (unpaired) electrons. The average molecular weight is 591 g/mol. The van der Waals surface area contributed by atoms with E-state index in [1.54, 1.807) is 7.11 Å². The van der Waals surface area contributed by atoms with Crippen molar-refractivity contribution in [3.63, 3.8) is 0 Å². The van der Waals surface area contributed by atoms with Crippen molar-refractivity contribution in [2.45, 2.75) is 113 Å². The maximum atomic E-state index is 10.1. The number of benzene rings is 2. The molecule has 42 heavy (non-hydrogen) atoms. The second-order valence-corrected chi connectivity index (χ2v) is 11.7. The molecular formula is C36H62O6. The van der Waals surface area contributed by atoms with Crippen LogP contribution < -0.4 is 4.74 Å². The molecule has 0 fully saturated rings. The van der Waals surface area contributed by atoms with E-state index >= 15 is 0 Å². The van der Waals surface area contributed by atoms with Gasteiger partial charge in [0.2, 0.25) is 0 Å². The summed E-state index contributed by atoms with van der Waals surface area (Å²) in [5.74, 6) is 1.45. The molecule has 242 valence electrons. The summed E-state index contributed by atoms with van der Waals surface area (Å²) >= 11 is 0. The SMILES string of the molecule is CC.CCOC(C)OCC(O)CC(C)(C)OCCCc1ccccc1.COC(COc1ccccc1)C(C)(C)C(C)C. The molecule has 6 heteroatoms. The summed E-state index contributed by atoms with van der Waals surface area (Å²) in [5.41, 5.74) is 1.06. The van der Waals surface area contributed by atoms with Gasteiger partial charge in [0.15, 0.2) is 6.29 Å². The maximum Gasteiger partial charge on any atom is 0.154 e. The van der Waals surface area contributed by atoms with E-state index in [2.05, 4.69) is 52.0 Å². The average Bonchev–Trinajstić information content (AvgIpc) is 2.97. The Morgan fingerprint density at radius 3 is 1.90 bits per heavy atom. The molecule has 3 atom stereocenters. The minimum atomic E-state index is -0.554. The van der Waals surface area contributed by atoms with Gasteiger partial charge in [0.05, 0.1) is 24.4 Å². The van der Waals surface area contributed by atoms with Gasteiger partial charge in [-0.1, -0.05) is 90.1 Å². The van der Waals surface area contributed by atoms with Crippen LogP contribution in [0.2, 0.25) is 0 Å². The summed E-state index contributed by atoms with van der Waals surface area (Å²) in [4.78, 5) is 0. The molecule has 0 aliphatic heterocycles. The Bertz CT molecular complexity index is 869. The quantitative estimate of drug-likeness (QED) is 0.139. The van der Waals surface area contributed by atoms with E-state index in [1.165, 1.54) is 5.56 Å². The maximum absolute atomic E-state index is 10.1. The lowest BCUT2D eigenvalue weighted by Gasteiger charge is -2.36. The van der Waals surface area contributed by atoms with Crippen molar-refractivity contribution < 1.29 is 28.8 Å². The Balaban J connectivity index is 0.000000785. The number of hydrogen-bond donors (Lipinski definition) is 1. The van der Waals surface area contributed by atoms with E-state index < -0.39 is 6.10 Å². The standard InChI is InChI=1S/C19H32O4.C15H24O2.C2H6/c1-5-21-16(2)22-15-18(20)14-19(3,4)23-13-9-12-17-10-7-6-8-11-17;1-12(2)15(3,4)14(16-5)11-17-13-9-7-6-8-10-13;1-2/h6-8,10-11,16,18,20H,5,9,12-15H2,1-4H3;6-10,12,14H,11H2,1-5H3;1-2H3. The van der Waals surface area contributed by atoms with E-state index in [9.17, 15) is 5.11 Å². The minimum absolute atomic E-state index is 0.0997. The van der Waals surface area contributed by atoms with Crippen LogP contribution in [-0.4, -0.2) is 62.7 Å². The molecule has 1 N–H and O–H groups in total. The number of methoxy groups -OCH3 is 1. The van der Waals surface area contributed by atoms with Crippen molar-refractivity contribution in [3.05, 3.63) is 66.2 Å². The highest BCUT2D eigenvalue weighted by molar-refractivity contribution is 5.21. The van der Waals surface area contributed by atoms with E-state index in [0.29, 0.717) is 32.2 Å². The third-order valence-electron chi connectivity index (χ3n) is 7.34. The Hall–Kier alpha value is -1.96. The van der Waals surface area contributed by atoms with Gasteiger partial charge in [-0.3, -0.25) is 0 Å². The summed E-state index contributed by atoms with van der Waals surface area (Å²) in [6.07, 6.45) is 1.78. The molecule has 6 nitrogen and oxygen atoms in total. The van der Waals surface area contributed by atoms with E-state index in [1.807, 2.05) is 77.9 Å². The van der Waals surface area contributed by atoms with Gasteiger partial charge in [0, 0.05) is 26.7 Å². The van der Waals surface area contributed by atoms with Crippen LogP contribution in [0.5, 0.6) is 5.75 Å². The van der Waals surface area contributed by atoms with Gasteiger partial charge in [0.1, 0.15) is 12.4 Å². The molecule has 2 aromatic rings. The number of ether oxygens (including phenoxy) is 5. The Labute approximate surface area is 258 Å². The molecule has 0 heterocycles. The molecule has 0 spiro atoms. The molecule has 0 bridgehead atoms. The van der Waals surface area contributed by atoms with Crippen LogP contribution in [0.15, 0.2) is 60.7 Å². The van der Waals surface area contributed by atoms with Gasteiger partial charge in [-0.15, -0.1) is 0 Å². The summed E-state index contributed by atoms with van der Waals surface area (Å²) in [6.45, 7) is 22.8. The van der Waals surface area contributed by atoms with Crippen LogP contribution in [0.3, 0.4) is 0 Å². The summed E-state index contributed by atoms with van der Waals surface area (Å²) in [7, 11) is 1.75. The minimum Gasteiger partial charge on any atom is -0.491 e. The molecule has 0 saturated carbocycles. The van der Waals surface area contributed by atoms with Crippen molar-refractivity contribution >= 4 is 0 Å².